The van der Waals surface area contributed by atoms with Gasteiger partial charge in [-0.15, -0.1) is 0 Å². The van der Waals surface area contributed by atoms with Crippen molar-refractivity contribution in [2.75, 3.05) is 6.61 Å². The lowest BCUT2D eigenvalue weighted by molar-refractivity contribution is 0.308. The van der Waals surface area contributed by atoms with E-state index in [-0.39, 0.29) is 0 Å². The van der Waals surface area contributed by atoms with Gasteiger partial charge in [0, 0.05) is 0 Å². The maximum Gasteiger partial charge on any atom is 0.119 e. The number of rotatable bonds is 7. The summed E-state index contributed by atoms with van der Waals surface area (Å²) in [5, 5.41) is 0. The molecule has 1 heteroatoms. The van der Waals surface area contributed by atoms with Crippen LogP contribution in [0.5, 0.6) is 5.75 Å². The number of aryl methyl sites for hydroxylation is 1. The van der Waals surface area contributed by atoms with E-state index in [0.717, 1.165) is 30.6 Å². The molecule has 0 bridgehead atoms. The van der Waals surface area contributed by atoms with E-state index in [1.54, 1.807) is 5.56 Å². The van der Waals surface area contributed by atoms with Crippen molar-refractivity contribution in [1.29, 1.82) is 0 Å². The number of hydrogen-bond donors (Lipinski definition) is 0. The summed E-state index contributed by atoms with van der Waals surface area (Å²) >= 11 is 0. The molecule has 2 aliphatic carbocycles. The predicted octanol–water partition coefficient (Wildman–Crippen LogP) is 7.82. The van der Waals surface area contributed by atoms with E-state index in [1.807, 2.05) is 0 Å². The number of ether oxygens (including phenoxy) is 1. The summed E-state index contributed by atoms with van der Waals surface area (Å²) in [4.78, 5) is 0. The minimum atomic E-state index is 0.666. The van der Waals surface area contributed by atoms with Crippen LogP contribution >= 0.6 is 0 Å². The predicted molar refractivity (Wildman–Crippen MR) is 123 cm³/mol. The summed E-state index contributed by atoms with van der Waals surface area (Å²) in [5.41, 5.74) is 6.13. The fourth-order valence-electron chi connectivity index (χ4n) is 5.56. The number of hydrogen-bond acceptors (Lipinski definition) is 1. The van der Waals surface area contributed by atoms with Gasteiger partial charge in [0.25, 0.3) is 0 Å². The molecule has 1 nitrogen and oxygen atoms in total. The molecule has 156 valence electrons. The first-order chi connectivity index (χ1) is 14.3. The van der Waals surface area contributed by atoms with Crippen LogP contribution in [0.2, 0.25) is 0 Å². The highest BCUT2D eigenvalue weighted by atomic mass is 16.5. The van der Waals surface area contributed by atoms with Crippen molar-refractivity contribution in [3.8, 4) is 5.75 Å². The topological polar surface area (TPSA) is 9.23 Å². The maximum absolute atomic E-state index is 5.82. The smallest absolute Gasteiger partial charge is 0.119 e. The Hall–Kier alpha value is -1.76. The molecule has 1 saturated carbocycles. The maximum atomic E-state index is 5.82. The van der Waals surface area contributed by atoms with Crippen LogP contribution in [0.3, 0.4) is 0 Å². The van der Waals surface area contributed by atoms with E-state index in [9.17, 15) is 0 Å². The van der Waals surface area contributed by atoms with Gasteiger partial charge >= 0.3 is 0 Å². The van der Waals surface area contributed by atoms with Crippen molar-refractivity contribution in [1.82, 2.24) is 0 Å². The molecular formula is C28H38O. The molecule has 0 spiro atoms. The second kappa shape index (κ2) is 9.83. The standard InChI is InChI=1S/C28H38O/c1-3-5-21-6-8-22(9-7-21)23-10-12-24(13-11-23)25-14-15-27-20-28(29-18-4-2)17-16-26(27)19-25/h10-13,16-17,20-22,25H,3-9,14-15,18-19H2,1-2H3. The summed E-state index contributed by atoms with van der Waals surface area (Å²) in [6.45, 7) is 5.30. The second-order valence-electron chi connectivity index (χ2n) is 9.39. The molecule has 1 unspecified atom stereocenters. The largest absolute Gasteiger partial charge is 0.494 e. The van der Waals surface area contributed by atoms with E-state index in [2.05, 4.69) is 56.3 Å². The Balaban J connectivity index is 1.36. The lowest BCUT2D eigenvalue weighted by atomic mass is 9.76. The lowest BCUT2D eigenvalue weighted by Gasteiger charge is -2.29. The van der Waals surface area contributed by atoms with Crippen LogP contribution in [0, 0.1) is 5.92 Å². The third-order valence-corrected chi connectivity index (χ3v) is 7.30. The third-order valence-electron chi connectivity index (χ3n) is 7.30. The highest BCUT2D eigenvalue weighted by Gasteiger charge is 2.23. The Bertz CT molecular complexity index is 767. The van der Waals surface area contributed by atoms with Crippen LogP contribution in [0.15, 0.2) is 42.5 Å². The van der Waals surface area contributed by atoms with Crippen LogP contribution in [0.4, 0.5) is 0 Å². The average Bonchev–Trinajstić information content (AvgIpc) is 2.78. The first-order valence-electron chi connectivity index (χ1n) is 12.1. The van der Waals surface area contributed by atoms with Gasteiger partial charge in [-0.2, -0.15) is 0 Å². The van der Waals surface area contributed by atoms with Crippen LogP contribution in [-0.4, -0.2) is 6.61 Å². The van der Waals surface area contributed by atoms with Crippen molar-refractivity contribution in [3.63, 3.8) is 0 Å². The first-order valence-corrected chi connectivity index (χ1v) is 12.1. The fraction of sp³-hybridized carbons (Fsp3) is 0.571. The van der Waals surface area contributed by atoms with Crippen LogP contribution in [-0.2, 0) is 12.8 Å². The summed E-state index contributed by atoms with van der Waals surface area (Å²) in [6, 6.07) is 16.5. The number of fused-ring (bicyclic) bond motifs is 1. The Morgan fingerprint density at radius 1 is 0.759 bits per heavy atom. The summed E-state index contributed by atoms with van der Waals surface area (Å²) in [5.74, 6) is 3.50. The van der Waals surface area contributed by atoms with Crippen molar-refractivity contribution in [2.45, 2.75) is 89.9 Å². The summed E-state index contributed by atoms with van der Waals surface area (Å²) < 4.78 is 5.82. The SMILES string of the molecule is CCCOc1ccc2c(c1)CCC(c1ccc(C3CCC(CCC)CC3)cc1)C2. The van der Waals surface area contributed by atoms with Gasteiger partial charge in [-0.3, -0.25) is 0 Å². The molecule has 1 atom stereocenters. The highest BCUT2D eigenvalue weighted by molar-refractivity contribution is 5.40. The Labute approximate surface area is 177 Å². The molecule has 0 N–H and O–H groups in total. The second-order valence-corrected chi connectivity index (χ2v) is 9.39. The Morgan fingerprint density at radius 3 is 2.17 bits per heavy atom. The van der Waals surface area contributed by atoms with E-state index >= 15 is 0 Å². The van der Waals surface area contributed by atoms with E-state index < -0.39 is 0 Å². The lowest BCUT2D eigenvalue weighted by Crippen LogP contribution is -2.14. The van der Waals surface area contributed by atoms with Crippen LogP contribution < -0.4 is 4.74 Å². The molecule has 2 aliphatic rings. The minimum absolute atomic E-state index is 0.666. The van der Waals surface area contributed by atoms with E-state index in [0.29, 0.717) is 5.92 Å². The van der Waals surface area contributed by atoms with Gasteiger partial charge in [-0.05, 0) is 104 Å². The molecule has 1 fully saturated rings. The van der Waals surface area contributed by atoms with Crippen molar-refractivity contribution >= 4 is 0 Å². The zero-order chi connectivity index (χ0) is 20.1. The quantitative estimate of drug-likeness (QED) is 0.468. The van der Waals surface area contributed by atoms with Gasteiger partial charge in [0.15, 0.2) is 0 Å². The minimum Gasteiger partial charge on any atom is -0.494 e. The molecule has 29 heavy (non-hydrogen) atoms. The molecule has 4 rings (SSSR count). The normalized spacial score (nSPS) is 24.1. The van der Waals surface area contributed by atoms with Crippen molar-refractivity contribution in [2.24, 2.45) is 5.92 Å². The monoisotopic (exact) mass is 390 g/mol. The van der Waals surface area contributed by atoms with Crippen molar-refractivity contribution in [3.05, 3.63) is 64.7 Å². The fourth-order valence-corrected chi connectivity index (χ4v) is 5.56. The molecule has 0 heterocycles. The molecule has 0 amide bonds. The third kappa shape index (κ3) is 5.05. The molecule has 0 saturated heterocycles. The van der Waals surface area contributed by atoms with E-state index in [1.165, 1.54) is 74.5 Å². The van der Waals surface area contributed by atoms with Gasteiger partial charge in [-0.25, -0.2) is 0 Å². The zero-order valence-corrected chi connectivity index (χ0v) is 18.5. The number of benzene rings is 2. The van der Waals surface area contributed by atoms with Gasteiger partial charge in [0.1, 0.15) is 5.75 Å². The summed E-state index contributed by atoms with van der Waals surface area (Å²) in [7, 11) is 0. The van der Waals surface area contributed by atoms with Gasteiger partial charge in [0.2, 0.25) is 0 Å². The molecule has 2 aromatic carbocycles. The Kier molecular flexibility index (Phi) is 6.95. The molecule has 0 aliphatic heterocycles. The highest BCUT2D eigenvalue weighted by Crippen LogP contribution is 2.39. The van der Waals surface area contributed by atoms with Crippen LogP contribution in [0.25, 0.3) is 0 Å². The average molecular weight is 391 g/mol. The van der Waals surface area contributed by atoms with Crippen molar-refractivity contribution < 1.29 is 4.74 Å². The Morgan fingerprint density at radius 2 is 1.48 bits per heavy atom. The molecular weight excluding hydrogens is 352 g/mol. The van der Waals surface area contributed by atoms with E-state index in [4.69, 9.17) is 4.74 Å². The molecule has 0 radical (unpaired) electrons. The van der Waals surface area contributed by atoms with Gasteiger partial charge in [0.05, 0.1) is 6.61 Å². The first kappa shape index (κ1) is 20.5. The zero-order valence-electron chi connectivity index (χ0n) is 18.5. The summed E-state index contributed by atoms with van der Waals surface area (Å²) in [6.07, 6.45) is 13.1. The molecule has 2 aromatic rings. The van der Waals surface area contributed by atoms with Gasteiger partial charge in [-0.1, -0.05) is 57.0 Å². The van der Waals surface area contributed by atoms with Gasteiger partial charge < -0.3 is 4.74 Å². The van der Waals surface area contributed by atoms with Crippen LogP contribution in [0.1, 0.15) is 99.3 Å². The molecule has 0 aromatic heterocycles.